The number of hydrogen-bond donors (Lipinski definition) is 2. The first-order chi connectivity index (χ1) is 12.1. The molecule has 1 aromatic heterocycles. The van der Waals surface area contributed by atoms with Crippen molar-refractivity contribution in [2.45, 2.75) is 109 Å². The topological polar surface area (TPSA) is 59.8 Å². The molecule has 5 nitrogen and oxygen atoms in total. The van der Waals surface area contributed by atoms with Crippen molar-refractivity contribution in [1.29, 1.82) is 0 Å². The average molecular weight is 369 g/mol. The molecule has 144 valence electrons. The zero-order chi connectivity index (χ0) is 18.3. The second-order valence-corrected chi connectivity index (χ2v) is 7.31. The third-order valence-electron chi connectivity index (χ3n) is 4.49. The van der Waals surface area contributed by atoms with Crippen LogP contribution in [-0.4, -0.2) is 20.8 Å². The minimum Gasteiger partial charge on any atom is -0.274 e. The first-order valence-electron chi connectivity index (χ1n) is 10.1. The number of rotatable bonds is 15. The van der Waals surface area contributed by atoms with Crippen LogP contribution in [0.5, 0.6) is 0 Å². The van der Waals surface area contributed by atoms with Crippen molar-refractivity contribution in [2.75, 3.05) is 5.43 Å². The maximum absolute atomic E-state index is 11.2. The van der Waals surface area contributed by atoms with E-state index in [-0.39, 0.29) is 5.91 Å². The second kappa shape index (κ2) is 14.2. The van der Waals surface area contributed by atoms with Gasteiger partial charge in [0.05, 0.1) is 0 Å². The summed E-state index contributed by atoms with van der Waals surface area (Å²) in [5.41, 5.74) is 2.69. The molecule has 0 atom stereocenters. The van der Waals surface area contributed by atoms with Crippen LogP contribution >= 0.6 is 12.6 Å². The molecule has 0 fully saturated rings. The van der Waals surface area contributed by atoms with Gasteiger partial charge in [-0.3, -0.25) is 10.2 Å². The lowest BCUT2D eigenvalue weighted by Crippen LogP contribution is -2.22. The Kier molecular flexibility index (Phi) is 12.5. The van der Waals surface area contributed by atoms with E-state index in [0.29, 0.717) is 5.16 Å². The summed E-state index contributed by atoms with van der Waals surface area (Å²) in [5.74, 6) is 0.644. The van der Waals surface area contributed by atoms with Gasteiger partial charge in [0.25, 0.3) is 0 Å². The normalized spacial score (nSPS) is 11.0. The minimum absolute atomic E-state index is 0.137. The SMILES string of the molecule is CCCCCCCCCCCCCCCc1nnc(S)n1NC(C)=O. The van der Waals surface area contributed by atoms with Gasteiger partial charge in [0.1, 0.15) is 0 Å². The molecule has 0 aliphatic carbocycles. The fourth-order valence-corrected chi connectivity index (χ4v) is 3.25. The van der Waals surface area contributed by atoms with Crippen molar-refractivity contribution < 1.29 is 4.79 Å². The van der Waals surface area contributed by atoms with Crippen LogP contribution in [0, 0.1) is 0 Å². The highest BCUT2D eigenvalue weighted by atomic mass is 32.1. The standard InChI is InChI=1S/C19H36N4OS/c1-3-4-5-6-7-8-9-10-11-12-13-14-15-16-18-20-21-19(25)23(18)22-17(2)24/h3-16H2,1-2H3,(H,21,25)(H,22,24). The predicted molar refractivity (Wildman–Crippen MR) is 107 cm³/mol. The van der Waals surface area contributed by atoms with Gasteiger partial charge in [-0.05, 0) is 6.42 Å². The van der Waals surface area contributed by atoms with Crippen molar-refractivity contribution >= 4 is 18.5 Å². The number of carbonyl (C=O) groups excluding carboxylic acids is 1. The van der Waals surface area contributed by atoms with Crippen LogP contribution in [0.25, 0.3) is 0 Å². The maximum atomic E-state index is 11.2. The molecule has 0 aliphatic rings. The summed E-state index contributed by atoms with van der Waals surface area (Å²) in [6.07, 6.45) is 18.2. The van der Waals surface area contributed by atoms with E-state index in [1.54, 1.807) is 4.68 Å². The third-order valence-corrected chi connectivity index (χ3v) is 4.78. The molecule has 1 rings (SSSR count). The molecule has 0 unspecified atom stereocenters. The van der Waals surface area contributed by atoms with Gasteiger partial charge >= 0.3 is 0 Å². The zero-order valence-electron chi connectivity index (χ0n) is 16.1. The summed E-state index contributed by atoms with van der Waals surface area (Å²) in [7, 11) is 0. The monoisotopic (exact) mass is 368 g/mol. The van der Waals surface area contributed by atoms with Crippen LogP contribution in [-0.2, 0) is 11.2 Å². The molecule has 0 bridgehead atoms. The van der Waals surface area contributed by atoms with Crippen LogP contribution in [0.4, 0.5) is 0 Å². The van der Waals surface area contributed by atoms with Crippen LogP contribution < -0.4 is 5.43 Å². The van der Waals surface area contributed by atoms with Gasteiger partial charge < -0.3 is 0 Å². The molecule has 0 spiro atoms. The molecule has 1 amide bonds. The Balaban J connectivity index is 1.96. The van der Waals surface area contributed by atoms with Crippen molar-refractivity contribution in [3.63, 3.8) is 0 Å². The van der Waals surface area contributed by atoms with Gasteiger partial charge in [0, 0.05) is 13.3 Å². The first-order valence-corrected chi connectivity index (χ1v) is 10.5. The van der Waals surface area contributed by atoms with E-state index >= 15 is 0 Å². The fraction of sp³-hybridized carbons (Fsp3) is 0.842. The number of hydrogen-bond acceptors (Lipinski definition) is 4. The average Bonchev–Trinajstić information content (AvgIpc) is 2.92. The molecule has 1 aromatic rings. The molecule has 1 N–H and O–H groups in total. The van der Waals surface area contributed by atoms with Gasteiger partial charge in [0.15, 0.2) is 5.82 Å². The van der Waals surface area contributed by atoms with Gasteiger partial charge in [-0.25, -0.2) is 4.68 Å². The van der Waals surface area contributed by atoms with E-state index in [1.807, 2.05) is 0 Å². The summed E-state index contributed by atoms with van der Waals surface area (Å²) in [4.78, 5) is 11.2. The van der Waals surface area contributed by atoms with E-state index in [0.717, 1.165) is 18.7 Å². The molecular weight excluding hydrogens is 332 g/mol. The Labute approximate surface area is 158 Å². The van der Waals surface area contributed by atoms with E-state index in [2.05, 4.69) is 35.2 Å². The Morgan fingerprint density at radius 1 is 0.880 bits per heavy atom. The van der Waals surface area contributed by atoms with E-state index in [1.165, 1.54) is 84.0 Å². The molecule has 0 radical (unpaired) electrons. The summed E-state index contributed by atoms with van der Waals surface area (Å²) < 4.78 is 1.58. The van der Waals surface area contributed by atoms with Gasteiger partial charge in [-0.1, -0.05) is 84.0 Å². The van der Waals surface area contributed by atoms with E-state index in [9.17, 15) is 4.79 Å². The summed E-state index contributed by atoms with van der Waals surface area (Å²) in [5, 5.41) is 8.43. The Morgan fingerprint density at radius 3 is 1.84 bits per heavy atom. The minimum atomic E-state index is -0.137. The summed E-state index contributed by atoms with van der Waals surface area (Å²) in [6.45, 7) is 3.74. The molecule has 25 heavy (non-hydrogen) atoms. The largest absolute Gasteiger partial charge is 0.274 e. The number of unbranched alkanes of at least 4 members (excludes halogenated alkanes) is 12. The van der Waals surface area contributed by atoms with Crippen LogP contribution in [0.1, 0.15) is 103 Å². The van der Waals surface area contributed by atoms with Crippen LogP contribution in [0.3, 0.4) is 0 Å². The van der Waals surface area contributed by atoms with Crippen molar-refractivity contribution in [3.05, 3.63) is 5.82 Å². The maximum Gasteiger partial charge on any atom is 0.235 e. The number of nitrogens with one attached hydrogen (secondary N) is 1. The van der Waals surface area contributed by atoms with Crippen molar-refractivity contribution in [3.8, 4) is 0 Å². The van der Waals surface area contributed by atoms with Crippen molar-refractivity contribution in [2.24, 2.45) is 0 Å². The lowest BCUT2D eigenvalue weighted by molar-refractivity contribution is -0.115. The lowest BCUT2D eigenvalue weighted by atomic mass is 10.0. The molecule has 0 saturated carbocycles. The number of nitrogens with zero attached hydrogens (tertiary/aromatic N) is 3. The van der Waals surface area contributed by atoms with Gasteiger partial charge in [-0.2, -0.15) is 0 Å². The van der Waals surface area contributed by atoms with E-state index in [4.69, 9.17) is 0 Å². The van der Waals surface area contributed by atoms with Gasteiger partial charge in [-0.15, -0.1) is 22.8 Å². The number of aromatic nitrogens is 3. The zero-order valence-corrected chi connectivity index (χ0v) is 17.0. The highest BCUT2D eigenvalue weighted by molar-refractivity contribution is 7.80. The lowest BCUT2D eigenvalue weighted by Gasteiger charge is -2.07. The van der Waals surface area contributed by atoms with Crippen LogP contribution in [0.15, 0.2) is 5.16 Å². The summed E-state index contributed by atoms with van der Waals surface area (Å²) >= 11 is 4.21. The smallest absolute Gasteiger partial charge is 0.235 e. The number of amides is 1. The Bertz CT molecular complexity index is 476. The molecule has 0 saturated heterocycles. The quantitative estimate of drug-likeness (QED) is 0.326. The number of thiol groups is 1. The predicted octanol–water partition coefficient (Wildman–Crippen LogP) is 5.29. The highest BCUT2D eigenvalue weighted by Crippen LogP contribution is 2.13. The third kappa shape index (κ3) is 10.5. The fourth-order valence-electron chi connectivity index (χ4n) is 3.04. The molecule has 0 aromatic carbocycles. The van der Waals surface area contributed by atoms with Gasteiger partial charge in [0.2, 0.25) is 11.1 Å². The molecule has 6 heteroatoms. The number of aryl methyl sites for hydroxylation is 1. The summed E-state index contributed by atoms with van der Waals surface area (Å²) in [6, 6.07) is 0. The molecular formula is C19H36N4OS. The highest BCUT2D eigenvalue weighted by Gasteiger charge is 2.09. The molecule has 1 heterocycles. The van der Waals surface area contributed by atoms with E-state index < -0.39 is 0 Å². The number of carbonyl (C=O) groups is 1. The molecule has 0 aliphatic heterocycles. The Hall–Kier alpha value is -1.04. The second-order valence-electron chi connectivity index (χ2n) is 6.91. The van der Waals surface area contributed by atoms with Crippen LogP contribution in [0.2, 0.25) is 0 Å². The van der Waals surface area contributed by atoms with Crippen molar-refractivity contribution in [1.82, 2.24) is 14.9 Å². The Morgan fingerprint density at radius 2 is 1.36 bits per heavy atom. The first kappa shape index (κ1) is 22.0.